The van der Waals surface area contributed by atoms with Crippen LogP contribution in [0.25, 0.3) is 10.8 Å². The van der Waals surface area contributed by atoms with Crippen LogP contribution < -0.4 is 29.6 Å². The van der Waals surface area contributed by atoms with Crippen LogP contribution in [0.5, 0.6) is 0 Å². The molecule has 0 saturated heterocycles. The summed E-state index contributed by atoms with van der Waals surface area (Å²) < 4.78 is 111. The minimum absolute atomic E-state index is 0. The third kappa shape index (κ3) is 4.30. The molecule has 0 heterocycles. The minimum atomic E-state index is -5.56. The molecular weight excluding hydrogens is 385 g/mol. The average molecular weight is 394 g/mol. The molecule has 0 N–H and O–H groups in total. The maximum Gasteiger partial charge on any atom is 1.00 e. The molecule has 25 heavy (non-hydrogen) atoms. The van der Waals surface area contributed by atoms with E-state index in [0.717, 1.165) is 36.4 Å². The molecule has 0 spiro atoms. The Morgan fingerprint density at radius 3 is 2.00 bits per heavy atom. The average Bonchev–Trinajstić information content (AvgIpc) is 2.45. The summed E-state index contributed by atoms with van der Waals surface area (Å²) in [5, 5.41) is -0.458. The summed E-state index contributed by atoms with van der Waals surface area (Å²) in [6.45, 7) is 0. The van der Waals surface area contributed by atoms with Gasteiger partial charge in [-0.2, -0.15) is 17.6 Å². The monoisotopic (exact) mass is 394 g/mol. The van der Waals surface area contributed by atoms with Gasteiger partial charge in [-0.05, 0) is 22.4 Å². The largest absolute Gasteiger partial charge is 1.00 e. The molecule has 0 unspecified atom stereocenters. The van der Waals surface area contributed by atoms with Crippen molar-refractivity contribution in [1.29, 1.82) is 0 Å². The number of hydrogen-bond donors (Lipinski definition) is 0. The number of benzene rings is 2. The number of fused-ring (bicyclic) bond motifs is 1. The van der Waals surface area contributed by atoms with Crippen LogP contribution in [-0.4, -0.2) is 31.2 Å². The Morgan fingerprint density at radius 1 is 0.960 bits per heavy atom. The Bertz CT molecular complexity index is 870. The van der Waals surface area contributed by atoms with Gasteiger partial charge in [0.2, 0.25) is 0 Å². The summed E-state index contributed by atoms with van der Waals surface area (Å²) in [5.41, 5.74) is -0.483. The van der Waals surface area contributed by atoms with Crippen molar-refractivity contribution in [2.75, 3.05) is 0 Å². The first-order chi connectivity index (χ1) is 10.9. The summed E-state index contributed by atoms with van der Waals surface area (Å²) in [6, 6.07) is 6.31. The zero-order valence-electron chi connectivity index (χ0n) is 12.6. The van der Waals surface area contributed by atoms with E-state index in [1.807, 2.05) is 0 Å². The van der Waals surface area contributed by atoms with Crippen LogP contribution >= 0.6 is 0 Å². The third-order valence-electron chi connectivity index (χ3n) is 3.42. The summed E-state index contributed by atoms with van der Waals surface area (Å²) in [6.07, 6.45) is -6.32. The molecule has 0 radical (unpaired) electrons. The van der Waals surface area contributed by atoms with Crippen molar-refractivity contribution in [3.63, 3.8) is 0 Å². The van der Waals surface area contributed by atoms with Crippen LogP contribution in [0.4, 0.5) is 26.3 Å². The molecule has 0 amide bonds. The first-order valence-corrected chi connectivity index (χ1v) is 7.79. The van der Waals surface area contributed by atoms with Crippen LogP contribution in [0.15, 0.2) is 41.3 Å². The molecular formula is C14H9F6NaO3S. The standard InChI is InChI=1S/C14H10F6O3S.Na/c15-12(16)14(19,20)13(17,18)7-8-3-1-5-10-9(8)4-2-6-11(10)24(21,22)23;/h1-6,12H,7H2,(H,21,22,23);/q;+1/p-1. The van der Waals surface area contributed by atoms with Crippen LogP contribution in [0.3, 0.4) is 0 Å². The molecule has 0 aliphatic carbocycles. The number of halogens is 6. The fraction of sp³-hybridized carbons (Fsp3) is 0.286. The van der Waals surface area contributed by atoms with Crippen molar-refractivity contribution < 1.29 is 68.9 Å². The molecule has 2 aromatic rings. The van der Waals surface area contributed by atoms with E-state index in [9.17, 15) is 39.3 Å². The smallest absolute Gasteiger partial charge is 0.744 e. The molecule has 0 fully saturated rings. The van der Waals surface area contributed by atoms with Crippen molar-refractivity contribution in [2.24, 2.45) is 0 Å². The van der Waals surface area contributed by atoms with Gasteiger partial charge in [0.25, 0.3) is 0 Å². The fourth-order valence-electron chi connectivity index (χ4n) is 2.24. The van der Waals surface area contributed by atoms with E-state index in [4.69, 9.17) is 0 Å². The van der Waals surface area contributed by atoms with Crippen LogP contribution in [-0.2, 0) is 16.5 Å². The summed E-state index contributed by atoms with van der Waals surface area (Å²) >= 11 is 0. The number of alkyl halides is 6. The fourth-order valence-corrected chi connectivity index (χ4v) is 2.93. The van der Waals surface area contributed by atoms with Gasteiger partial charge in [-0.3, -0.25) is 0 Å². The van der Waals surface area contributed by atoms with Crippen molar-refractivity contribution in [2.45, 2.75) is 29.6 Å². The Balaban J connectivity index is 0.00000312. The molecule has 0 aliphatic rings. The van der Waals surface area contributed by atoms with Crippen molar-refractivity contribution in [3.8, 4) is 0 Å². The van der Waals surface area contributed by atoms with Gasteiger partial charge in [-0.15, -0.1) is 0 Å². The van der Waals surface area contributed by atoms with Crippen LogP contribution in [0.1, 0.15) is 5.56 Å². The second-order valence-corrected chi connectivity index (χ2v) is 6.38. The van der Waals surface area contributed by atoms with E-state index in [-0.39, 0.29) is 40.3 Å². The number of rotatable bonds is 5. The quantitative estimate of drug-likeness (QED) is 0.429. The van der Waals surface area contributed by atoms with Crippen molar-refractivity contribution in [3.05, 3.63) is 42.0 Å². The van der Waals surface area contributed by atoms with E-state index < -0.39 is 45.3 Å². The molecule has 3 nitrogen and oxygen atoms in total. The summed E-state index contributed by atoms with van der Waals surface area (Å²) in [4.78, 5) is -0.717. The second-order valence-electron chi connectivity index (χ2n) is 5.03. The predicted octanol–water partition coefficient (Wildman–Crippen LogP) is 0.826. The second kappa shape index (κ2) is 7.43. The first-order valence-electron chi connectivity index (χ1n) is 6.38. The third-order valence-corrected chi connectivity index (χ3v) is 4.31. The van der Waals surface area contributed by atoms with E-state index in [1.165, 1.54) is 0 Å². The molecule has 0 saturated carbocycles. The van der Waals surface area contributed by atoms with E-state index in [0.29, 0.717) is 0 Å². The SMILES string of the molecule is O=S(=O)([O-])c1cccc2c(CC(F)(F)C(F)(F)C(F)F)cccc12.[Na+]. The molecule has 2 rings (SSSR count). The van der Waals surface area contributed by atoms with Gasteiger partial charge in [0, 0.05) is 6.42 Å². The Hall–Kier alpha value is -0.810. The van der Waals surface area contributed by atoms with Crippen molar-refractivity contribution in [1.82, 2.24) is 0 Å². The molecule has 0 aliphatic heterocycles. The Kier molecular flexibility index (Phi) is 6.61. The summed E-state index contributed by atoms with van der Waals surface area (Å²) in [7, 11) is -4.94. The van der Waals surface area contributed by atoms with Gasteiger partial charge in [0.1, 0.15) is 10.1 Å². The molecule has 2 aromatic carbocycles. The molecule has 0 atom stereocenters. The maximum atomic E-state index is 13.6. The van der Waals surface area contributed by atoms with E-state index in [1.54, 1.807) is 0 Å². The minimum Gasteiger partial charge on any atom is -0.744 e. The Labute approximate surface area is 161 Å². The van der Waals surface area contributed by atoms with Gasteiger partial charge < -0.3 is 4.55 Å². The zero-order chi connectivity index (χ0) is 18.3. The van der Waals surface area contributed by atoms with E-state index in [2.05, 4.69) is 0 Å². The topological polar surface area (TPSA) is 57.2 Å². The zero-order valence-corrected chi connectivity index (χ0v) is 15.5. The number of hydrogen-bond acceptors (Lipinski definition) is 3. The summed E-state index contributed by atoms with van der Waals surface area (Å²) in [5.74, 6) is -10.6. The van der Waals surface area contributed by atoms with Gasteiger partial charge in [0.15, 0.2) is 0 Å². The van der Waals surface area contributed by atoms with Gasteiger partial charge in [0.05, 0.1) is 4.90 Å². The normalized spacial score (nSPS) is 13.1. The molecule has 132 valence electrons. The maximum absolute atomic E-state index is 13.6. The Morgan fingerprint density at radius 2 is 1.48 bits per heavy atom. The molecule has 0 aromatic heterocycles. The van der Waals surface area contributed by atoms with Crippen LogP contribution in [0, 0.1) is 0 Å². The van der Waals surface area contributed by atoms with Gasteiger partial charge in [-0.1, -0.05) is 30.3 Å². The van der Waals surface area contributed by atoms with E-state index >= 15 is 0 Å². The molecule has 11 heteroatoms. The van der Waals surface area contributed by atoms with Gasteiger partial charge in [-0.25, -0.2) is 17.2 Å². The van der Waals surface area contributed by atoms with Crippen molar-refractivity contribution >= 4 is 20.9 Å². The predicted molar refractivity (Wildman–Crippen MR) is 71.5 cm³/mol. The van der Waals surface area contributed by atoms with Gasteiger partial charge >= 0.3 is 47.8 Å². The first kappa shape index (κ1) is 22.2. The van der Waals surface area contributed by atoms with Crippen LogP contribution in [0.2, 0.25) is 0 Å². The molecule has 0 bridgehead atoms.